The molecule has 0 atom stereocenters. The molecule has 1 aromatic carbocycles. The van der Waals surface area contributed by atoms with Crippen molar-refractivity contribution in [3.8, 4) is 0 Å². The lowest BCUT2D eigenvalue weighted by atomic mass is 10.1. The number of ether oxygens (including phenoxy) is 1. The number of rotatable bonds is 2. The summed E-state index contributed by atoms with van der Waals surface area (Å²) in [6.45, 7) is 0. The fourth-order valence-electron chi connectivity index (χ4n) is 2.21. The van der Waals surface area contributed by atoms with Gasteiger partial charge in [-0.05, 0) is 36.1 Å². The third kappa shape index (κ3) is 1.35. The van der Waals surface area contributed by atoms with Crippen LogP contribution in [0.25, 0.3) is 17.0 Å². The van der Waals surface area contributed by atoms with Gasteiger partial charge in [-0.25, -0.2) is 0 Å². The summed E-state index contributed by atoms with van der Waals surface area (Å²) in [5, 5.41) is 1.32. The van der Waals surface area contributed by atoms with Crippen LogP contribution in [0.1, 0.15) is 11.3 Å². The Balaban J connectivity index is 2.18. The van der Waals surface area contributed by atoms with E-state index in [4.69, 9.17) is 4.74 Å². The van der Waals surface area contributed by atoms with Gasteiger partial charge >= 0.3 is 0 Å². The molecule has 0 fully saturated rings. The predicted octanol–water partition coefficient (Wildman–Crippen LogP) is 3.43. The summed E-state index contributed by atoms with van der Waals surface area (Å²) in [6.07, 6.45) is 5.10. The Morgan fingerprint density at radius 3 is 3.00 bits per heavy atom. The van der Waals surface area contributed by atoms with Crippen LogP contribution in [0.4, 0.5) is 0 Å². The third-order valence-corrected chi connectivity index (χ3v) is 3.79. The Kier molecular flexibility index (Phi) is 2.21. The highest BCUT2D eigenvalue weighted by atomic mass is 32.2. The van der Waals surface area contributed by atoms with E-state index in [0.29, 0.717) is 0 Å². The van der Waals surface area contributed by atoms with Crippen molar-refractivity contribution in [2.24, 2.45) is 0 Å². The van der Waals surface area contributed by atoms with Gasteiger partial charge in [-0.1, -0.05) is 0 Å². The van der Waals surface area contributed by atoms with Crippen LogP contribution < -0.4 is 0 Å². The number of fused-ring (bicyclic) bond motifs is 3. The van der Waals surface area contributed by atoms with Gasteiger partial charge < -0.3 is 9.72 Å². The molecule has 1 heterocycles. The Morgan fingerprint density at radius 1 is 1.38 bits per heavy atom. The molecular formula is C13H13NOS. The fraction of sp³-hybridized carbons (Fsp3) is 0.231. The van der Waals surface area contributed by atoms with Crippen molar-refractivity contribution in [1.82, 2.24) is 4.98 Å². The minimum absolute atomic E-state index is 0.906. The number of hydrogen-bond donors (Lipinski definition) is 1. The average molecular weight is 231 g/mol. The number of methoxy groups -OCH3 is 1. The molecule has 82 valence electrons. The highest BCUT2D eigenvalue weighted by Gasteiger charge is 2.18. The second-order valence-corrected chi connectivity index (χ2v) is 4.80. The van der Waals surface area contributed by atoms with Crippen molar-refractivity contribution in [3.63, 3.8) is 0 Å². The molecule has 2 aromatic rings. The van der Waals surface area contributed by atoms with Gasteiger partial charge in [0.25, 0.3) is 0 Å². The number of aromatic amines is 1. The quantitative estimate of drug-likeness (QED) is 0.801. The normalized spacial score (nSPS) is 14.0. The maximum Gasteiger partial charge on any atom is 0.102 e. The Hall–Kier alpha value is -1.35. The van der Waals surface area contributed by atoms with E-state index in [2.05, 4.69) is 35.5 Å². The van der Waals surface area contributed by atoms with Gasteiger partial charge in [0.15, 0.2) is 0 Å². The highest BCUT2D eigenvalue weighted by molar-refractivity contribution is 7.98. The zero-order valence-corrected chi connectivity index (χ0v) is 10.1. The monoisotopic (exact) mass is 231 g/mol. The first-order valence-corrected chi connectivity index (χ1v) is 6.47. The molecule has 0 saturated carbocycles. The number of allylic oxidation sites excluding steroid dienone is 1. The van der Waals surface area contributed by atoms with Gasteiger partial charge in [0, 0.05) is 27.9 Å². The largest absolute Gasteiger partial charge is 0.501 e. The summed E-state index contributed by atoms with van der Waals surface area (Å²) >= 11 is 1.78. The van der Waals surface area contributed by atoms with Gasteiger partial charge in [0.1, 0.15) is 5.76 Å². The van der Waals surface area contributed by atoms with Gasteiger partial charge in [-0.15, -0.1) is 11.8 Å². The van der Waals surface area contributed by atoms with E-state index < -0.39 is 0 Å². The minimum Gasteiger partial charge on any atom is -0.501 e. The zero-order chi connectivity index (χ0) is 11.1. The molecular weight excluding hydrogens is 218 g/mol. The Bertz CT molecular complexity index is 583. The van der Waals surface area contributed by atoms with Crippen LogP contribution in [0.15, 0.2) is 28.9 Å². The molecule has 0 radical (unpaired) electrons. The molecule has 0 unspecified atom stereocenters. The Labute approximate surface area is 98.7 Å². The van der Waals surface area contributed by atoms with Crippen LogP contribution in [-0.4, -0.2) is 18.3 Å². The van der Waals surface area contributed by atoms with Crippen LogP contribution >= 0.6 is 11.8 Å². The topological polar surface area (TPSA) is 25.0 Å². The molecule has 3 rings (SSSR count). The highest BCUT2D eigenvalue weighted by Crippen LogP contribution is 2.33. The van der Waals surface area contributed by atoms with E-state index in [0.717, 1.165) is 12.2 Å². The second kappa shape index (κ2) is 3.59. The van der Waals surface area contributed by atoms with Crippen molar-refractivity contribution in [3.05, 3.63) is 35.2 Å². The summed E-state index contributed by atoms with van der Waals surface area (Å²) in [5.41, 5.74) is 3.78. The number of hydrogen-bond acceptors (Lipinski definition) is 2. The molecule has 1 aliphatic rings. The van der Waals surface area contributed by atoms with Gasteiger partial charge in [0.2, 0.25) is 0 Å². The van der Waals surface area contributed by atoms with Crippen LogP contribution in [0, 0.1) is 0 Å². The van der Waals surface area contributed by atoms with Gasteiger partial charge in [0.05, 0.1) is 7.11 Å². The molecule has 2 nitrogen and oxygen atoms in total. The number of H-pyrrole nitrogens is 1. The van der Waals surface area contributed by atoms with Gasteiger partial charge in [-0.3, -0.25) is 0 Å². The number of aromatic nitrogens is 1. The second-order valence-electron chi connectivity index (χ2n) is 3.92. The summed E-state index contributed by atoms with van der Waals surface area (Å²) in [7, 11) is 1.73. The van der Waals surface area contributed by atoms with Crippen molar-refractivity contribution >= 4 is 28.7 Å². The molecule has 1 aliphatic carbocycles. The Morgan fingerprint density at radius 2 is 2.25 bits per heavy atom. The minimum atomic E-state index is 0.906. The predicted molar refractivity (Wildman–Crippen MR) is 68.8 cm³/mol. The molecule has 0 aliphatic heterocycles. The first-order chi connectivity index (χ1) is 7.81. The number of thioether (sulfide) groups is 1. The van der Waals surface area contributed by atoms with E-state index >= 15 is 0 Å². The lowest BCUT2D eigenvalue weighted by Gasteiger charge is -2.01. The molecule has 1 aromatic heterocycles. The first kappa shape index (κ1) is 9.85. The van der Waals surface area contributed by atoms with Crippen LogP contribution in [0.2, 0.25) is 0 Å². The number of nitrogens with one attached hydrogen (secondary N) is 1. The van der Waals surface area contributed by atoms with Crippen LogP contribution in [-0.2, 0) is 11.2 Å². The molecule has 0 amide bonds. The maximum atomic E-state index is 5.29. The van der Waals surface area contributed by atoms with E-state index in [9.17, 15) is 0 Å². The SMILES string of the molecule is COC1=Cc2[nH]c3ccc(SC)cc3c2C1. The fourth-order valence-corrected chi connectivity index (χ4v) is 2.65. The summed E-state index contributed by atoms with van der Waals surface area (Å²) in [5.74, 6) is 1.04. The van der Waals surface area contributed by atoms with Gasteiger partial charge in [-0.2, -0.15) is 0 Å². The van der Waals surface area contributed by atoms with Crippen LogP contribution in [0.3, 0.4) is 0 Å². The van der Waals surface area contributed by atoms with E-state index in [-0.39, 0.29) is 0 Å². The molecule has 16 heavy (non-hydrogen) atoms. The molecule has 3 heteroatoms. The average Bonchev–Trinajstić information content (AvgIpc) is 2.85. The smallest absolute Gasteiger partial charge is 0.102 e. The number of benzene rings is 1. The lowest BCUT2D eigenvalue weighted by Crippen LogP contribution is -1.86. The third-order valence-electron chi connectivity index (χ3n) is 3.06. The zero-order valence-electron chi connectivity index (χ0n) is 9.33. The van der Waals surface area contributed by atoms with Crippen molar-refractivity contribution in [1.29, 1.82) is 0 Å². The molecule has 0 saturated heterocycles. The van der Waals surface area contributed by atoms with E-state index in [1.807, 2.05) is 0 Å². The van der Waals surface area contributed by atoms with Crippen molar-refractivity contribution in [2.75, 3.05) is 13.4 Å². The first-order valence-electron chi connectivity index (χ1n) is 5.25. The summed E-state index contributed by atoms with van der Waals surface area (Å²) in [6, 6.07) is 6.56. The molecule has 1 N–H and O–H groups in total. The molecule has 0 spiro atoms. The lowest BCUT2D eigenvalue weighted by molar-refractivity contribution is 0.290. The maximum absolute atomic E-state index is 5.29. The standard InChI is InChI=1S/C13H13NOS/c1-15-8-5-10-11-7-9(16-2)3-4-12(11)14-13(10)6-8/h3-4,6-7,14H,5H2,1-2H3. The van der Waals surface area contributed by atoms with Crippen molar-refractivity contribution in [2.45, 2.75) is 11.3 Å². The summed E-state index contributed by atoms with van der Waals surface area (Å²) in [4.78, 5) is 4.73. The summed E-state index contributed by atoms with van der Waals surface area (Å²) < 4.78 is 5.29. The van der Waals surface area contributed by atoms with E-state index in [1.165, 1.54) is 27.1 Å². The van der Waals surface area contributed by atoms with Crippen LogP contribution in [0.5, 0.6) is 0 Å². The van der Waals surface area contributed by atoms with E-state index in [1.54, 1.807) is 18.9 Å². The molecule has 0 bridgehead atoms. The van der Waals surface area contributed by atoms with Crippen molar-refractivity contribution < 1.29 is 4.74 Å².